The zero-order valence-corrected chi connectivity index (χ0v) is 17.9. The first kappa shape index (κ1) is 23.2. The summed E-state index contributed by atoms with van der Waals surface area (Å²) < 4.78 is 14.9. The van der Waals surface area contributed by atoms with Crippen molar-refractivity contribution in [3.63, 3.8) is 0 Å². The summed E-state index contributed by atoms with van der Waals surface area (Å²) in [5.74, 6) is -1.32. The maximum Gasteiger partial charge on any atom is 0.343 e. The van der Waals surface area contributed by atoms with Gasteiger partial charge >= 0.3 is 11.9 Å². The molecule has 158 valence electrons. The van der Waals surface area contributed by atoms with E-state index in [2.05, 4.69) is 4.74 Å². The Morgan fingerprint density at radius 1 is 1.21 bits per heavy atom. The van der Waals surface area contributed by atoms with Crippen molar-refractivity contribution < 1.29 is 33.4 Å². The Hall–Kier alpha value is -2.12. The van der Waals surface area contributed by atoms with Crippen molar-refractivity contribution in [2.75, 3.05) is 20.3 Å². The van der Waals surface area contributed by atoms with Crippen LogP contribution in [0.15, 0.2) is 6.07 Å². The summed E-state index contributed by atoms with van der Waals surface area (Å²) in [5, 5.41) is 0.00705. The van der Waals surface area contributed by atoms with Gasteiger partial charge in [-0.15, -0.1) is 0 Å². The lowest BCUT2D eigenvalue weighted by Crippen LogP contribution is -2.32. The highest BCUT2D eigenvalue weighted by atomic mass is 35.5. The Bertz CT molecular complexity index is 850. The lowest BCUT2D eigenvalue weighted by atomic mass is 9.76. The number of carbonyl (C=O) groups is 4. The van der Waals surface area contributed by atoms with Crippen molar-refractivity contribution in [3.8, 4) is 5.75 Å². The van der Waals surface area contributed by atoms with Crippen LogP contribution in [0.1, 0.15) is 49.0 Å². The average Bonchev–Trinajstić information content (AvgIpc) is 2.94. The van der Waals surface area contributed by atoms with Gasteiger partial charge in [0.15, 0.2) is 12.4 Å². The number of ketones is 2. The molecule has 7 nitrogen and oxygen atoms in total. The summed E-state index contributed by atoms with van der Waals surface area (Å²) in [6.45, 7) is 2.63. The molecule has 1 unspecified atom stereocenters. The van der Waals surface area contributed by atoms with E-state index in [1.165, 1.54) is 14.0 Å². The van der Waals surface area contributed by atoms with E-state index in [1.54, 1.807) is 13.0 Å². The van der Waals surface area contributed by atoms with Crippen molar-refractivity contribution in [2.24, 2.45) is 5.41 Å². The summed E-state index contributed by atoms with van der Waals surface area (Å²) in [7, 11) is 1.23. The molecule has 0 radical (unpaired) electrons. The summed E-state index contributed by atoms with van der Waals surface area (Å²) in [6, 6.07) is 1.55. The lowest BCUT2D eigenvalue weighted by molar-refractivity contribution is -0.143. The van der Waals surface area contributed by atoms with Gasteiger partial charge in [0.25, 0.3) is 0 Å². The van der Waals surface area contributed by atoms with Gasteiger partial charge in [-0.2, -0.15) is 0 Å². The first-order valence-electron chi connectivity index (χ1n) is 9.05. The van der Waals surface area contributed by atoms with E-state index in [-0.39, 0.29) is 71.8 Å². The molecule has 0 aromatic heterocycles. The van der Waals surface area contributed by atoms with E-state index in [9.17, 15) is 19.2 Å². The van der Waals surface area contributed by atoms with Crippen molar-refractivity contribution in [1.29, 1.82) is 0 Å². The van der Waals surface area contributed by atoms with Crippen LogP contribution >= 0.6 is 23.2 Å². The molecule has 0 saturated heterocycles. The van der Waals surface area contributed by atoms with Gasteiger partial charge in [0.1, 0.15) is 16.6 Å². The molecule has 1 aromatic rings. The third-order valence-electron chi connectivity index (χ3n) is 4.88. The highest BCUT2D eigenvalue weighted by Gasteiger charge is 2.48. The molecule has 0 heterocycles. The third kappa shape index (κ3) is 5.08. The Balaban J connectivity index is 2.39. The third-order valence-corrected chi connectivity index (χ3v) is 5.73. The van der Waals surface area contributed by atoms with Crippen molar-refractivity contribution in [1.82, 2.24) is 0 Å². The quantitative estimate of drug-likeness (QED) is 0.536. The minimum Gasteiger partial charge on any atom is -0.480 e. The Kier molecular flexibility index (Phi) is 7.66. The molecule has 0 bridgehead atoms. The highest BCUT2D eigenvalue weighted by Crippen LogP contribution is 2.49. The van der Waals surface area contributed by atoms with Gasteiger partial charge in [-0.05, 0) is 24.5 Å². The fraction of sp³-hybridized carbons (Fsp3) is 0.500. The van der Waals surface area contributed by atoms with Crippen molar-refractivity contribution in [2.45, 2.75) is 39.5 Å². The number of Topliss-reactive ketones (excluding diaryl/α,β-unsaturated/α-hetero) is 2. The molecule has 0 spiro atoms. The predicted octanol–water partition coefficient (Wildman–Crippen LogP) is 3.59. The number of hydrogen-bond donors (Lipinski definition) is 0. The number of methoxy groups -OCH3 is 1. The van der Waals surface area contributed by atoms with E-state index in [0.29, 0.717) is 5.56 Å². The van der Waals surface area contributed by atoms with Gasteiger partial charge in [-0.3, -0.25) is 14.4 Å². The molecule has 0 fully saturated rings. The summed E-state index contributed by atoms with van der Waals surface area (Å²) >= 11 is 12.6. The van der Waals surface area contributed by atoms with Crippen LogP contribution in [0.3, 0.4) is 0 Å². The van der Waals surface area contributed by atoms with E-state index in [0.717, 1.165) is 0 Å². The SMILES string of the molecule is CCC(=O)CC1(CCOC(C)=O)Cc2cc(OCC(=O)OC)c(Cl)c(Cl)c2C1=O. The molecular formula is C20H22Cl2O7. The van der Waals surface area contributed by atoms with Crippen LogP contribution in [0.5, 0.6) is 5.75 Å². The number of fused-ring (bicyclic) bond motifs is 1. The zero-order valence-electron chi connectivity index (χ0n) is 16.4. The number of carbonyl (C=O) groups excluding carboxylic acids is 4. The van der Waals surface area contributed by atoms with Gasteiger partial charge in [0.2, 0.25) is 0 Å². The second-order valence-electron chi connectivity index (χ2n) is 6.85. The number of benzene rings is 1. The first-order valence-corrected chi connectivity index (χ1v) is 9.81. The normalized spacial score (nSPS) is 17.6. The fourth-order valence-electron chi connectivity index (χ4n) is 3.37. The number of esters is 2. The molecular weight excluding hydrogens is 423 g/mol. The number of halogens is 2. The second-order valence-corrected chi connectivity index (χ2v) is 7.60. The van der Waals surface area contributed by atoms with Crippen LogP contribution in [0.25, 0.3) is 0 Å². The molecule has 1 aliphatic carbocycles. The van der Waals surface area contributed by atoms with Crippen molar-refractivity contribution in [3.05, 3.63) is 27.2 Å². The monoisotopic (exact) mass is 444 g/mol. The molecule has 0 aliphatic heterocycles. The smallest absolute Gasteiger partial charge is 0.343 e. The van der Waals surface area contributed by atoms with E-state index in [4.69, 9.17) is 32.7 Å². The number of ether oxygens (including phenoxy) is 3. The standard InChI is InChI=1S/C20H22Cl2O7/c1-4-13(24)9-20(5-6-28-11(2)23)8-12-7-14(29-10-15(25)27-3)17(21)18(22)16(12)19(20)26/h7H,4-6,8-10H2,1-3H3. The lowest BCUT2D eigenvalue weighted by Gasteiger charge is -2.26. The van der Waals surface area contributed by atoms with Crippen LogP contribution in [-0.4, -0.2) is 43.8 Å². The molecule has 2 rings (SSSR count). The molecule has 9 heteroatoms. The van der Waals surface area contributed by atoms with E-state index < -0.39 is 17.4 Å². The molecule has 0 saturated carbocycles. The molecule has 1 atom stereocenters. The maximum atomic E-state index is 13.3. The van der Waals surface area contributed by atoms with Crippen LogP contribution in [-0.2, 0) is 30.3 Å². The number of rotatable bonds is 9. The Morgan fingerprint density at radius 2 is 1.90 bits per heavy atom. The molecule has 1 aliphatic rings. The maximum absolute atomic E-state index is 13.3. The minimum absolute atomic E-state index is 0.000253. The van der Waals surface area contributed by atoms with E-state index in [1.807, 2.05) is 0 Å². The summed E-state index contributed by atoms with van der Waals surface area (Å²) in [5.41, 5.74) is -0.274. The zero-order chi connectivity index (χ0) is 21.8. The van der Waals surface area contributed by atoms with Gasteiger partial charge < -0.3 is 14.2 Å². The van der Waals surface area contributed by atoms with Crippen molar-refractivity contribution >= 4 is 46.7 Å². The Labute approximate surface area is 178 Å². The Morgan fingerprint density at radius 3 is 2.48 bits per heavy atom. The van der Waals surface area contributed by atoms with E-state index >= 15 is 0 Å². The topological polar surface area (TPSA) is 96.0 Å². The van der Waals surface area contributed by atoms with Crippen LogP contribution in [0, 0.1) is 5.41 Å². The average molecular weight is 445 g/mol. The van der Waals surface area contributed by atoms with Gasteiger partial charge in [-0.1, -0.05) is 30.1 Å². The number of hydrogen-bond acceptors (Lipinski definition) is 7. The largest absolute Gasteiger partial charge is 0.480 e. The van der Waals surface area contributed by atoms with Crippen LogP contribution in [0.4, 0.5) is 0 Å². The highest BCUT2D eigenvalue weighted by molar-refractivity contribution is 6.45. The van der Waals surface area contributed by atoms with Crippen LogP contribution in [0.2, 0.25) is 10.0 Å². The van der Waals surface area contributed by atoms with Gasteiger partial charge in [0.05, 0.1) is 18.7 Å². The molecule has 0 amide bonds. The predicted molar refractivity (Wildman–Crippen MR) is 106 cm³/mol. The molecule has 1 aromatic carbocycles. The van der Waals surface area contributed by atoms with Gasteiger partial charge in [0, 0.05) is 30.7 Å². The molecule has 29 heavy (non-hydrogen) atoms. The fourth-order valence-corrected chi connectivity index (χ4v) is 3.88. The second kappa shape index (κ2) is 9.59. The van der Waals surface area contributed by atoms with Gasteiger partial charge in [-0.25, -0.2) is 4.79 Å². The van der Waals surface area contributed by atoms with Crippen LogP contribution < -0.4 is 4.74 Å². The summed E-state index contributed by atoms with van der Waals surface area (Å²) in [6.07, 6.45) is 0.684. The molecule has 0 N–H and O–H groups in total. The minimum atomic E-state index is -1.07. The summed E-state index contributed by atoms with van der Waals surface area (Å²) in [4.78, 5) is 48.0. The first-order chi connectivity index (χ1) is 13.6.